The molecule has 0 saturated heterocycles. The highest BCUT2D eigenvalue weighted by Crippen LogP contribution is 2.37. The van der Waals surface area contributed by atoms with Crippen molar-refractivity contribution in [2.75, 3.05) is 0 Å². The van der Waals surface area contributed by atoms with Crippen LogP contribution in [0.25, 0.3) is 0 Å². The molecule has 1 aliphatic rings. The summed E-state index contributed by atoms with van der Waals surface area (Å²) in [5.74, 6) is -0.248. The van der Waals surface area contributed by atoms with Crippen molar-refractivity contribution >= 4 is 46.6 Å². The van der Waals surface area contributed by atoms with Gasteiger partial charge in [-0.15, -0.1) is 0 Å². The Morgan fingerprint density at radius 3 is 2.20 bits per heavy atom. The molecule has 7 heteroatoms. The van der Waals surface area contributed by atoms with Gasteiger partial charge in [0.2, 0.25) is 0 Å². The Morgan fingerprint density at radius 2 is 1.60 bits per heavy atom. The number of amides is 2. The third-order valence-electron chi connectivity index (χ3n) is 3.91. The summed E-state index contributed by atoms with van der Waals surface area (Å²) in [6.07, 6.45) is 0. The Balaban J connectivity index is 2.13. The second kappa shape index (κ2) is 7.08. The van der Waals surface area contributed by atoms with Gasteiger partial charge in [-0.2, -0.15) is 0 Å². The van der Waals surface area contributed by atoms with E-state index in [0.29, 0.717) is 37.5 Å². The standard InChI is InChI=1S/C18H13Cl3N2O2/c1-9-14(17(24)10-5-7-11(19)8-6-10)16(23-18(25)22-9)15-12(20)3-2-4-13(15)21/h2-8,16H,1H3,(H2,22,23,25)/t16-/m0/s1. The Bertz CT molecular complexity index is 871. The number of benzene rings is 2. The zero-order valence-corrected chi connectivity index (χ0v) is 15.3. The van der Waals surface area contributed by atoms with E-state index in [4.69, 9.17) is 34.8 Å². The second-order valence-corrected chi connectivity index (χ2v) is 6.79. The van der Waals surface area contributed by atoms with Gasteiger partial charge in [0.25, 0.3) is 0 Å². The predicted molar refractivity (Wildman–Crippen MR) is 99.4 cm³/mol. The summed E-state index contributed by atoms with van der Waals surface area (Å²) in [7, 11) is 0. The molecule has 25 heavy (non-hydrogen) atoms. The predicted octanol–water partition coefficient (Wildman–Crippen LogP) is 5.16. The van der Waals surface area contributed by atoms with Gasteiger partial charge >= 0.3 is 6.03 Å². The van der Waals surface area contributed by atoms with Crippen LogP contribution in [0, 0.1) is 0 Å². The van der Waals surface area contributed by atoms with E-state index in [-0.39, 0.29) is 5.78 Å². The normalized spacial score (nSPS) is 17.1. The van der Waals surface area contributed by atoms with E-state index in [2.05, 4.69) is 10.6 Å². The third kappa shape index (κ3) is 3.52. The van der Waals surface area contributed by atoms with Gasteiger partial charge in [-0.05, 0) is 43.3 Å². The maximum Gasteiger partial charge on any atom is 0.319 e. The van der Waals surface area contributed by atoms with Crippen LogP contribution in [0.15, 0.2) is 53.7 Å². The molecule has 0 unspecified atom stereocenters. The van der Waals surface area contributed by atoms with Crippen LogP contribution in [0.3, 0.4) is 0 Å². The van der Waals surface area contributed by atoms with Gasteiger partial charge in [-0.1, -0.05) is 40.9 Å². The zero-order valence-electron chi connectivity index (χ0n) is 13.1. The topological polar surface area (TPSA) is 58.2 Å². The molecule has 1 heterocycles. The van der Waals surface area contributed by atoms with Crippen LogP contribution in [-0.4, -0.2) is 11.8 Å². The number of hydrogen-bond donors (Lipinski definition) is 2. The Kier molecular flexibility index (Phi) is 5.04. The molecule has 2 N–H and O–H groups in total. The lowest BCUT2D eigenvalue weighted by Gasteiger charge is -2.29. The number of carbonyl (C=O) groups is 2. The summed E-state index contributed by atoms with van der Waals surface area (Å²) in [5.41, 5.74) is 1.75. The monoisotopic (exact) mass is 394 g/mol. The molecule has 0 bridgehead atoms. The van der Waals surface area contributed by atoms with Crippen molar-refractivity contribution in [2.24, 2.45) is 0 Å². The number of hydrogen-bond acceptors (Lipinski definition) is 2. The fraction of sp³-hybridized carbons (Fsp3) is 0.111. The average Bonchev–Trinajstić information content (AvgIpc) is 2.54. The zero-order chi connectivity index (χ0) is 18.1. The van der Waals surface area contributed by atoms with E-state index in [9.17, 15) is 9.59 Å². The molecule has 128 valence electrons. The largest absolute Gasteiger partial charge is 0.327 e. The van der Waals surface area contributed by atoms with Crippen LogP contribution in [0.2, 0.25) is 15.1 Å². The van der Waals surface area contributed by atoms with Gasteiger partial charge in [0.05, 0.1) is 6.04 Å². The first kappa shape index (κ1) is 17.8. The first-order valence-electron chi connectivity index (χ1n) is 7.41. The summed E-state index contributed by atoms with van der Waals surface area (Å²) in [6, 6.07) is 10.4. The minimum absolute atomic E-state index is 0.248. The molecule has 0 saturated carbocycles. The van der Waals surface area contributed by atoms with Crippen LogP contribution >= 0.6 is 34.8 Å². The highest BCUT2D eigenvalue weighted by molar-refractivity contribution is 6.36. The molecule has 0 aliphatic carbocycles. The van der Waals surface area contributed by atoms with Gasteiger partial charge in [0.15, 0.2) is 5.78 Å². The molecular formula is C18H13Cl3N2O2. The number of urea groups is 1. The van der Waals surface area contributed by atoms with Crippen molar-refractivity contribution in [3.8, 4) is 0 Å². The van der Waals surface area contributed by atoms with E-state index in [0.717, 1.165) is 0 Å². The van der Waals surface area contributed by atoms with Crippen LogP contribution in [0.4, 0.5) is 4.79 Å². The molecule has 2 amide bonds. The summed E-state index contributed by atoms with van der Waals surface area (Å²) >= 11 is 18.5. The van der Waals surface area contributed by atoms with Gasteiger partial charge in [-0.25, -0.2) is 4.79 Å². The van der Waals surface area contributed by atoms with E-state index < -0.39 is 12.1 Å². The molecule has 0 fully saturated rings. The SMILES string of the molecule is CC1=C(C(=O)c2ccc(Cl)cc2)[C@@H](c2c(Cl)cccc2Cl)NC(=O)N1. The Hall–Kier alpha value is -2.01. The first-order chi connectivity index (χ1) is 11.9. The molecule has 2 aromatic rings. The maximum absolute atomic E-state index is 13.1. The molecule has 0 aromatic heterocycles. The smallest absolute Gasteiger partial charge is 0.319 e. The minimum Gasteiger partial charge on any atom is -0.327 e. The van der Waals surface area contributed by atoms with Crippen LogP contribution < -0.4 is 10.6 Å². The van der Waals surface area contributed by atoms with Gasteiger partial charge in [-0.3, -0.25) is 4.79 Å². The van der Waals surface area contributed by atoms with Gasteiger partial charge in [0, 0.05) is 37.5 Å². The van der Waals surface area contributed by atoms with Crippen LogP contribution in [-0.2, 0) is 0 Å². The lowest BCUT2D eigenvalue weighted by Crippen LogP contribution is -2.45. The molecule has 4 nitrogen and oxygen atoms in total. The number of nitrogens with one attached hydrogen (secondary N) is 2. The highest BCUT2D eigenvalue weighted by atomic mass is 35.5. The molecule has 2 aromatic carbocycles. The Labute approximate surface area is 159 Å². The number of rotatable bonds is 3. The number of allylic oxidation sites excluding steroid dienone is 1. The molecule has 0 radical (unpaired) electrons. The van der Waals surface area contributed by atoms with Crippen molar-refractivity contribution in [1.82, 2.24) is 10.6 Å². The van der Waals surface area contributed by atoms with Crippen molar-refractivity contribution < 1.29 is 9.59 Å². The van der Waals surface area contributed by atoms with Crippen molar-refractivity contribution in [1.29, 1.82) is 0 Å². The molecule has 1 aliphatic heterocycles. The summed E-state index contributed by atoms with van der Waals surface area (Å²) in [5, 5.41) is 6.63. The third-order valence-corrected chi connectivity index (χ3v) is 4.82. The summed E-state index contributed by atoms with van der Waals surface area (Å²) in [4.78, 5) is 25.0. The molecular weight excluding hydrogens is 383 g/mol. The lowest BCUT2D eigenvalue weighted by molar-refractivity contribution is 0.102. The number of Topliss-reactive ketones (excluding diaryl/α,β-unsaturated/α-hetero) is 1. The lowest BCUT2D eigenvalue weighted by atomic mass is 9.89. The highest BCUT2D eigenvalue weighted by Gasteiger charge is 2.33. The van der Waals surface area contributed by atoms with Crippen molar-refractivity contribution in [3.63, 3.8) is 0 Å². The summed E-state index contributed by atoms with van der Waals surface area (Å²) in [6.45, 7) is 1.67. The maximum atomic E-state index is 13.1. The average molecular weight is 396 g/mol. The van der Waals surface area contributed by atoms with Gasteiger partial charge in [0.1, 0.15) is 0 Å². The fourth-order valence-corrected chi connectivity index (χ4v) is 3.50. The number of ketones is 1. The van der Waals surface area contributed by atoms with Crippen LogP contribution in [0.1, 0.15) is 28.9 Å². The molecule has 1 atom stereocenters. The molecule has 3 rings (SSSR count). The van der Waals surface area contributed by atoms with E-state index in [1.807, 2.05) is 0 Å². The Morgan fingerprint density at radius 1 is 1.00 bits per heavy atom. The number of halogens is 3. The van der Waals surface area contributed by atoms with Crippen molar-refractivity contribution in [2.45, 2.75) is 13.0 Å². The minimum atomic E-state index is -0.752. The van der Waals surface area contributed by atoms with Crippen LogP contribution in [0.5, 0.6) is 0 Å². The van der Waals surface area contributed by atoms with E-state index >= 15 is 0 Å². The van der Waals surface area contributed by atoms with Gasteiger partial charge < -0.3 is 10.6 Å². The van der Waals surface area contributed by atoms with Crippen molar-refractivity contribution in [3.05, 3.63) is 79.9 Å². The summed E-state index contributed by atoms with van der Waals surface area (Å²) < 4.78 is 0. The quantitative estimate of drug-likeness (QED) is 0.705. The first-order valence-corrected chi connectivity index (χ1v) is 8.54. The number of carbonyl (C=O) groups excluding carboxylic acids is 2. The molecule has 0 spiro atoms. The van der Waals surface area contributed by atoms with E-state index in [1.54, 1.807) is 49.4 Å². The fourth-order valence-electron chi connectivity index (χ4n) is 2.75. The second-order valence-electron chi connectivity index (χ2n) is 5.54. The van der Waals surface area contributed by atoms with E-state index in [1.165, 1.54) is 0 Å².